The number of pyridine rings is 2. The Morgan fingerprint density at radius 1 is 1.09 bits per heavy atom. The Balaban J connectivity index is 1.45. The van der Waals surface area contributed by atoms with Crippen molar-refractivity contribution in [3.63, 3.8) is 0 Å². The van der Waals surface area contributed by atoms with Gasteiger partial charge in [0.2, 0.25) is 0 Å². The molecule has 5 heterocycles. The van der Waals surface area contributed by atoms with Crippen molar-refractivity contribution in [3.8, 4) is 17.0 Å². The average molecular weight is 478 g/mol. The van der Waals surface area contributed by atoms with Crippen molar-refractivity contribution in [1.29, 1.82) is 0 Å². The van der Waals surface area contributed by atoms with Gasteiger partial charge in [0, 0.05) is 48.9 Å². The summed E-state index contributed by atoms with van der Waals surface area (Å²) in [5.74, 6) is 1.58. The minimum absolute atomic E-state index is 0.0325. The number of fused-ring (bicyclic) bond motifs is 2. The average Bonchev–Trinajstić information content (AvgIpc) is 3.50. The molecule has 0 saturated carbocycles. The van der Waals surface area contributed by atoms with E-state index in [1.165, 1.54) is 6.07 Å². The fraction of sp³-hybridized carbons (Fsp3) is 0.280. The van der Waals surface area contributed by atoms with Gasteiger partial charge in [0.05, 0.1) is 11.9 Å². The maximum absolute atomic E-state index is 15.0. The third-order valence-electron chi connectivity index (χ3n) is 6.40. The molecule has 1 saturated heterocycles. The molecule has 2 aliphatic rings. The number of ether oxygens (including phenoxy) is 1. The summed E-state index contributed by atoms with van der Waals surface area (Å²) in [6, 6.07) is 9.90. The van der Waals surface area contributed by atoms with Crippen LogP contribution in [0, 0.1) is 5.82 Å². The lowest BCUT2D eigenvalue weighted by molar-refractivity contribution is 0.224. The Bertz CT molecular complexity index is 1460. The van der Waals surface area contributed by atoms with Crippen molar-refractivity contribution in [2.45, 2.75) is 31.9 Å². The Morgan fingerprint density at radius 2 is 1.94 bits per heavy atom. The van der Waals surface area contributed by atoms with E-state index in [9.17, 15) is 9.18 Å². The summed E-state index contributed by atoms with van der Waals surface area (Å²) in [5.41, 5.74) is 0.940. The molecule has 0 N–H and O–H groups in total. The fourth-order valence-electron chi connectivity index (χ4n) is 4.74. The van der Waals surface area contributed by atoms with E-state index in [-0.39, 0.29) is 17.2 Å². The monoisotopic (exact) mass is 477 g/mol. The first-order valence-corrected chi connectivity index (χ1v) is 11.7. The van der Waals surface area contributed by atoms with Gasteiger partial charge in [0.1, 0.15) is 40.5 Å². The first-order chi connectivity index (χ1) is 16.6. The van der Waals surface area contributed by atoms with Crippen LogP contribution >= 0.6 is 11.6 Å². The van der Waals surface area contributed by atoms with Crippen molar-refractivity contribution in [2.75, 3.05) is 18.0 Å². The van der Waals surface area contributed by atoms with Gasteiger partial charge in [0.25, 0.3) is 5.56 Å². The Morgan fingerprint density at radius 3 is 2.76 bits per heavy atom. The van der Waals surface area contributed by atoms with Crippen molar-refractivity contribution >= 4 is 28.3 Å². The molecule has 2 aliphatic heterocycles. The van der Waals surface area contributed by atoms with Crippen LogP contribution in [-0.2, 0) is 13.0 Å². The number of nitrogens with zero attached hydrogens (tertiary/aromatic N) is 5. The minimum atomic E-state index is -0.499. The van der Waals surface area contributed by atoms with Crippen LogP contribution in [0.5, 0.6) is 5.75 Å². The quantitative estimate of drug-likeness (QED) is 0.437. The Kier molecular flexibility index (Phi) is 5.17. The van der Waals surface area contributed by atoms with E-state index in [0.717, 1.165) is 30.8 Å². The van der Waals surface area contributed by atoms with E-state index < -0.39 is 5.82 Å². The van der Waals surface area contributed by atoms with E-state index in [1.807, 2.05) is 12.1 Å². The van der Waals surface area contributed by atoms with Gasteiger partial charge in [-0.05, 0) is 42.8 Å². The van der Waals surface area contributed by atoms with E-state index in [0.29, 0.717) is 47.1 Å². The number of aryl methyl sites for hydroxylation is 1. The maximum atomic E-state index is 15.0. The van der Waals surface area contributed by atoms with E-state index in [4.69, 9.17) is 26.3 Å². The highest BCUT2D eigenvalue weighted by Crippen LogP contribution is 2.33. The summed E-state index contributed by atoms with van der Waals surface area (Å²) in [7, 11) is 0. The number of rotatable bonds is 4. The lowest BCUT2D eigenvalue weighted by Crippen LogP contribution is -2.26. The second-order valence-corrected chi connectivity index (χ2v) is 9.03. The summed E-state index contributed by atoms with van der Waals surface area (Å²) in [6.45, 7) is 1.95. The lowest BCUT2D eigenvalue weighted by Gasteiger charge is -2.20. The number of benzene rings is 1. The van der Waals surface area contributed by atoms with E-state index in [1.54, 1.807) is 35.2 Å². The molecule has 7 nitrogen and oxygen atoms in total. The summed E-state index contributed by atoms with van der Waals surface area (Å²) in [5, 5.41) is 0.741. The fourth-order valence-corrected chi connectivity index (χ4v) is 4.90. The first-order valence-electron chi connectivity index (χ1n) is 11.3. The van der Waals surface area contributed by atoms with Crippen LogP contribution in [0.1, 0.15) is 18.7 Å². The van der Waals surface area contributed by atoms with E-state index in [2.05, 4.69) is 9.88 Å². The molecule has 0 aliphatic carbocycles. The molecule has 0 spiro atoms. The van der Waals surface area contributed by atoms with Crippen LogP contribution in [0.15, 0.2) is 53.6 Å². The van der Waals surface area contributed by atoms with Crippen LogP contribution in [0.3, 0.4) is 0 Å². The summed E-state index contributed by atoms with van der Waals surface area (Å²) in [4.78, 5) is 29.0. The molecule has 0 unspecified atom stereocenters. The van der Waals surface area contributed by atoms with Gasteiger partial charge < -0.3 is 9.64 Å². The molecular formula is C25H21ClFN5O2. The largest absolute Gasteiger partial charge is 0.488 e. The number of hydrogen-bond donors (Lipinski definition) is 0. The van der Waals surface area contributed by atoms with Crippen LogP contribution in [-0.4, -0.2) is 38.7 Å². The predicted octanol–water partition coefficient (Wildman–Crippen LogP) is 4.25. The van der Waals surface area contributed by atoms with Crippen LogP contribution in [0.2, 0.25) is 5.02 Å². The van der Waals surface area contributed by atoms with Crippen molar-refractivity contribution in [1.82, 2.24) is 19.5 Å². The van der Waals surface area contributed by atoms with Gasteiger partial charge in [-0.15, -0.1) is 0 Å². The zero-order chi connectivity index (χ0) is 23.2. The second kappa shape index (κ2) is 8.36. The summed E-state index contributed by atoms with van der Waals surface area (Å²) in [6.07, 6.45) is 5.74. The van der Waals surface area contributed by atoms with Crippen molar-refractivity contribution in [2.24, 2.45) is 0 Å². The zero-order valence-electron chi connectivity index (χ0n) is 18.2. The molecule has 1 fully saturated rings. The van der Waals surface area contributed by atoms with Gasteiger partial charge >= 0.3 is 0 Å². The molecular weight excluding hydrogens is 457 g/mol. The third kappa shape index (κ3) is 3.68. The van der Waals surface area contributed by atoms with Crippen LogP contribution in [0.25, 0.3) is 22.2 Å². The number of hydrogen-bond acceptors (Lipinski definition) is 6. The number of anilines is 1. The van der Waals surface area contributed by atoms with Gasteiger partial charge in [-0.3, -0.25) is 14.3 Å². The summed E-state index contributed by atoms with van der Waals surface area (Å²) < 4.78 is 22.8. The molecule has 1 atom stereocenters. The Labute approximate surface area is 199 Å². The molecule has 4 aromatic rings. The molecule has 0 radical (unpaired) electrons. The second-order valence-electron chi connectivity index (χ2n) is 8.60. The molecule has 34 heavy (non-hydrogen) atoms. The predicted molar refractivity (Wildman–Crippen MR) is 128 cm³/mol. The molecule has 172 valence electrons. The lowest BCUT2D eigenvalue weighted by atomic mass is 10.1. The molecule has 3 aromatic heterocycles. The molecule has 0 amide bonds. The zero-order valence-corrected chi connectivity index (χ0v) is 19.0. The maximum Gasteiger partial charge on any atom is 0.261 e. The van der Waals surface area contributed by atoms with Gasteiger partial charge in [0.15, 0.2) is 0 Å². The van der Waals surface area contributed by atoms with Gasteiger partial charge in [-0.25, -0.2) is 14.4 Å². The van der Waals surface area contributed by atoms with Crippen molar-refractivity contribution < 1.29 is 9.13 Å². The summed E-state index contributed by atoms with van der Waals surface area (Å²) >= 11 is 5.99. The highest BCUT2D eigenvalue weighted by Gasteiger charge is 2.28. The van der Waals surface area contributed by atoms with Gasteiger partial charge in [-0.2, -0.15) is 0 Å². The molecule has 6 rings (SSSR count). The topological polar surface area (TPSA) is 73.1 Å². The first kappa shape index (κ1) is 21.0. The van der Waals surface area contributed by atoms with Crippen molar-refractivity contribution in [3.05, 3.63) is 75.8 Å². The molecule has 0 bridgehead atoms. The highest BCUT2D eigenvalue weighted by molar-refractivity contribution is 6.30. The Hall–Kier alpha value is -3.52. The molecule has 1 aromatic carbocycles. The third-order valence-corrected chi connectivity index (χ3v) is 6.63. The van der Waals surface area contributed by atoms with E-state index >= 15 is 0 Å². The van der Waals surface area contributed by atoms with Gasteiger partial charge in [-0.1, -0.05) is 11.6 Å². The smallest absolute Gasteiger partial charge is 0.261 e. The number of aromatic nitrogens is 4. The van der Waals surface area contributed by atoms with Crippen LogP contribution in [0.4, 0.5) is 10.2 Å². The number of halogens is 2. The van der Waals surface area contributed by atoms with Crippen LogP contribution < -0.4 is 15.2 Å². The minimum Gasteiger partial charge on any atom is -0.488 e. The standard InChI is InChI=1S/C25H21ClFN5O2/c26-15-3-4-18(20(27)12-15)23-24-19(25(33)32-10-1-2-21(32)29-24)13-22(30-23)31-11-7-17(14-31)34-16-5-8-28-9-6-16/h3-6,8-9,12-13,17H,1-2,7,10-11,14H2/t17-/m1/s1. The molecule has 9 heteroatoms. The SMILES string of the molecule is O=c1c2cc(N3CC[C@@H](Oc4ccncc4)C3)nc(-c3ccc(Cl)cc3F)c2nc2n1CCC2. The normalized spacial score (nSPS) is 17.4. The highest BCUT2D eigenvalue weighted by atomic mass is 35.5.